The number of amides is 1. The number of halogens is 1. The van der Waals surface area contributed by atoms with Gasteiger partial charge < -0.3 is 10.6 Å². The Bertz CT molecular complexity index is 361. The molecule has 5 heteroatoms. The van der Waals surface area contributed by atoms with E-state index in [4.69, 9.17) is 0 Å². The van der Waals surface area contributed by atoms with Gasteiger partial charge in [0.15, 0.2) is 0 Å². The average Bonchev–Trinajstić information content (AvgIpc) is 2.87. The van der Waals surface area contributed by atoms with Crippen LogP contribution in [0.3, 0.4) is 0 Å². The van der Waals surface area contributed by atoms with Crippen LogP contribution in [0.1, 0.15) is 11.3 Å². The van der Waals surface area contributed by atoms with Crippen molar-refractivity contribution in [1.29, 1.82) is 0 Å². The second-order valence-corrected chi connectivity index (χ2v) is 6.59. The Kier molecular flexibility index (Phi) is 4.37. The Balaban J connectivity index is 1.71. The molecule has 1 aromatic heterocycles. The summed E-state index contributed by atoms with van der Waals surface area (Å²) in [4.78, 5) is 12.7. The summed E-state index contributed by atoms with van der Waals surface area (Å²) in [6.45, 7) is 2.92. The minimum Gasteiger partial charge on any atom is -0.355 e. The molecule has 88 valence electrons. The van der Waals surface area contributed by atoms with Crippen LogP contribution in [-0.4, -0.2) is 25.5 Å². The maximum atomic E-state index is 11.6. The Morgan fingerprint density at radius 1 is 1.62 bits per heavy atom. The highest BCUT2D eigenvalue weighted by molar-refractivity contribution is 9.11. The molecular weight excluding hydrogens is 288 g/mol. The number of carbonyl (C=O) groups excluding carboxylic acids is 1. The molecule has 1 fully saturated rings. The van der Waals surface area contributed by atoms with Crippen molar-refractivity contribution in [3.05, 3.63) is 20.8 Å². The minimum absolute atomic E-state index is 0.126. The molecule has 0 aliphatic carbocycles. The third kappa shape index (κ3) is 3.57. The molecule has 2 heterocycles. The molecule has 0 saturated carbocycles. The van der Waals surface area contributed by atoms with Crippen molar-refractivity contribution in [3.8, 4) is 0 Å². The molecule has 2 N–H and O–H groups in total. The topological polar surface area (TPSA) is 41.1 Å². The number of rotatable bonds is 4. The number of nitrogens with one attached hydrogen (secondary N) is 2. The van der Waals surface area contributed by atoms with Gasteiger partial charge in [-0.2, -0.15) is 0 Å². The van der Waals surface area contributed by atoms with E-state index in [1.54, 1.807) is 11.3 Å². The first-order chi connectivity index (χ1) is 7.74. The van der Waals surface area contributed by atoms with E-state index in [-0.39, 0.29) is 5.91 Å². The van der Waals surface area contributed by atoms with Gasteiger partial charge >= 0.3 is 0 Å². The summed E-state index contributed by atoms with van der Waals surface area (Å²) in [6, 6.07) is 3.97. The number of hydrogen-bond donors (Lipinski definition) is 2. The van der Waals surface area contributed by atoms with Gasteiger partial charge in [0.1, 0.15) is 0 Å². The Morgan fingerprint density at radius 3 is 3.12 bits per heavy atom. The van der Waals surface area contributed by atoms with Crippen LogP contribution in [0.15, 0.2) is 15.9 Å². The summed E-state index contributed by atoms with van der Waals surface area (Å²) in [6.07, 6.45) is 1.67. The van der Waals surface area contributed by atoms with Crippen molar-refractivity contribution in [2.75, 3.05) is 19.6 Å². The lowest BCUT2D eigenvalue weighted by Crippen LogP contribution is -2.31. The summed E-state index contributed by atoms with van der Waals surface area (Å²) in [5, 5.41) is 6.29. The predicted octanol–water partition coefficient (Wildman–Crippen LogP) is 1.78. The fourth-order valence-electron chi connectivity index (χ4n) is 1.81. The SMILES string of the molecule is O=C(Cc1ccc(Br)s1)NCC1CCNC1. The summed E-state index contributed by atoms with van der Waals surface area (Å²) in [5.74, 6) is 0.736. The van der Waals surface area contributed by atoms with Crippen molar-refractivity contribution in [3.63, 3.8) is 0 Å². The van der Waals surface area contributed by atoms with E-state index in [9.17, 15) is 4.79 Å². The lowest BCUT2D eigenvalue weighted by Gasteiger charge is -2.09. The first-order valence-corrected chi connectivity index (χ1v) is 7.06. The molecule has 0 aromatic carbocycles. The summed E-state index contributed by atoms with van der Waals surface area (Å²) < 4.78 is 1.08. The van der Waals surface area contributed by atoms with E-state index >= 15 is 0 Å². The standard InChI is InChI=1S/C11H15BrN2OS/c12-10-2-1-9(16-10)5-11(15)14-7-8-3-4-13-6-8/h1-2,8,13H,3-7H2,(H,14,15). The summed E-state index contributed by atoms with van der Waals surface area (Å²) >= 11 is 5.01. The van der Waals surface area contributed by atoms with Crippen molar-refractivity contribution in [1.82, 2.24) is 10.6 Å². The smallest absolute Gasteiger partial charge is 0.225 e. The maximum Gasteiger partial charge on any atom is 0.225 e. The molecule has 16 heavy (non-hydrogen) atoms. The van der Waals surface area contributed by atoms with Gasteiger partial charge in [-0.1, -0.05) is 0 Å². The molecule has 0 radical (unpaired) electrons. The van der Waals surface area contributed by atoms with Gasteiger partial charge in [0.05, 0.1) is 10.2 Å². The van der Waals surface area contributed by atoms with Crippen LogP contribution in [0.25, 0.3) is 0 Å². The summed E-state index contributed by atoms with van der Waals surface area (Å²) in [7, 11) is 0. The van der Waals surface area contributed by atoms with Gasteiger partial charge in [-0.25, -0.2) is 0 Å². The maximum absolute atomic E-state index is 11.6. The highest BCUT2D eigenvalue weighted by atomic mass is 79.9. The van der Waals surface area contributed by atoms with Gasteiger partial charge in [-0.3, -0.25) is 4.79 Å². The van der Waals surface area contributed by atoms with E-state index in [0.717, 1.165) is 28.3 Å². The lowest BCUT2D eigenvalue weighted by atomic mass is 10.1. The van der Waals surface area contributed by atoms with Gasteiger partial charge in [-0.05, 0) is 53.5 Å². The molecule has 1 amide bonds. The molecule has 0 bridgehead atoms. The summed E-state index contributed by atoms with van der Waals surface area (Å²) in [5.41, 5.74) is 0. The van der Waals surface area contributed by atoms with E-state index in [1.807, 2.05) is 12.1 Å². The Morgan fingerprint density at radius 2 is 2.50 bits per heavy atom. The van der Waals surface area contributed by atoms with Crippen LogP contribution < -0.4 is 10.6 Å². The highest BCUT2D eigenvalue weighted by Crippen LogP contribution is 2.22. The lowest BCUT2D eigenvalue weighted by molar-refractivity contribution is -0.120. The molecule has 0 spiro atoms. The molecule has 1 aliphatic rings. The third-order valence-electron chi connectivity index (χ3n) is 2.71. The van der Waals surface area contributed by atoms with Crippen molar-refractivity contribution in [2.45, 2.75) is 12.8 Å². The van der Waals surface area contributed by atoms with Crippen LogP contribution in [0.4, 0.5) is 0 Å². The van der Waals surface area contributed by atoms with E-state index in [2.05, 4.69) is 26.6 Å². The van der Waals surface area contributed by atoms with Crippen molar-refractivity contribution < 1.29 is 4.79 Å². The second kappa shape index (κ2) is 5.80. The fourth-order valence-corrected chi connectivity index (χ4v) is 3.30. The van der Waals surface area contributed by atoms with E-state index in [1.165, 1.54) is 6.42 Å². The van der Waals surface area contributed by atoms with Crippen LogP contribution in [0.5, 0.6) is 0 Å². The predicted molar refractivity (Wildman–Crippen MR) is 69.7 cm³/mol. The Hall–Kier alpha value is -0.390. The monoisotopic (exact) mass is 302 g/mol. The molecule has 1 aliphatic heterocycles. The highest BCUT2D eigenvalue weighted by Gasteiger charge is 2.15. The molecule has 1 aromatic rings. The van der Waals surface area contributed by atoms with Crippen LogP contribution >= 0.6 is 27.3 Å². The van der Waals surface area contributed by atoms with Crippen molar-refractivity contribution >= 4 is 33.2 Å². The molecule has 1 unspecified atom stereocenters. The third-order valence-corrected chi connectivity index (χ3v) is 4.34. The van der Waals surface area contributed by atoms with Crippen molar-refractivity contribution in [2.24, 2.45) is 5.92 Å². The molecule has 2 rings (SSSR count). The van der Waals surface area contributed by atoms with Gasteiger partial charge in [0.2, 0.25) is 5.91 Å². The number of carbonyl (C=O) groups is 1. The van der Waals surface area contributed by atoms with Crippen LogP contribution in [0, 0.1) is 5.92 Å². The largest absolute Gasteiger partial charge is 0.355 e. The molecule has 3 nitrogen and oxygen atoms in total. The van der Waals surface area contributed by atoms with Crippen LogP contribution in [0.2, 0.25) is 0 Å². The quantitative estimate of drug-likeness (QED) is 0.890. The fraction of sp³-hybridized carbons (Fsp3) is 0.545. The zero-order chi connectivity index (χ0) is 11.4. The molecule has 1 atom stereocenters. The first kappa shape index (κ1) is 12.1. The normalized spacial score (nSPS) is 19.9. The average molecular weight is 303 g/mol. The molecule has 1 saturated heterocycles. The van der Waals surface area contributed by atoms with Gasteiger partial charge in [0.25, 0.3) is 0 Å². The van der Waals surface area contributed by atoms with E-state index < -0.39 is 0 Å². The molecular formula is C11H15BrN2OS. The number of hydrogen-bond acceptors (Lipinski definition) is 3. The van der Waals surface area contributed by atoms with Gasteiger partial charge in [0, 0.05) is 11.4 Å². The Labute approximate surface area is 108 Å². The second-order valence-electron chi connectivity index (χ2n) is 4.05. The zero-order valence-electron chi connectivity index (χ0n) is 8.96. The minimum atomic E-state index is 0.126. The van der Waals surface area contributed by atoms with E-state index in [0.29, 0.717) is 12.3 Å². The number of thiophene rings is 1. The van der Waals surface area contributed by atoms with Crippen LogP contribution in [-0.2, 0) is 11.2 Å². The van der Waals surface area contributed by atoms with Gasteiger partial charge in [-0.15, -0.1) is 11.3 Å². The zero-order valence-corrected chi connectivity index (χ0v) is 11.4. The first-order valence-electron chi connectivity index (χ1n) is 5.45.